The number of benzene rings is 8. The van der Waals surface area contributed by atoms with Crippen LogP contribution in [-0.2, 0) is 5.41 Å². The van der Waals surface area contributed by atoms with Crippen molar-refractivity contribution in [2.75, 3.05) is 0 Å². The topological polar surface area (TPSA) is 71.7 Å². The van der Waals surface area contributed by atoms with E-state index in [-0.39, 0.29) is 0 Å². The highest BCUT2D eigenvalue weighted by Crippen LogP contribution is 2.59. The summed E-state index contributed by atoms with van der Waals surface area (Å²) in [5.74, 6) is 3.32. The highest BCUT2D eigenvalue weighted by molar-refractivity contribution is 5.94. The summed E-state index contributed by atoms with van der Waals surface area (Å²) >= 11 is 0. The van der Waals surface area contributed by atoms with E-state index in [1.54, 1.807) is 12.1 Å². The van der Waals surface area contributed by atoms with E-state index in [1.165, 1.54) is 0 Å². The minimum absolute atomic E-state index is 0.533. The zero-order valence-electron chi connectivity index (χ0n) is 30.2. The quantitative estimate of drug-likeness (QED) is 0.171. The van der Waals surface area contributed by atoms with Gasteiger partial charge < -0.3 is 4.74 Å². The molecule has 9 aromatic rings. The largest absolute Gasteiger partial charge is 0.456 e. The maximum Gasteiger partial charge on any atom is 0.164 e. The Kier molecular flexibility index (Phi) is 8.01. The molecule has 1 aliphatic rings. The van der Waals surface area contributed by atoms with Gasteiger partial charge in [-0.3, -0.25) is 0 Å². The average molecular weight is 717 g/mol. The molecule has 0 amide bonds. The highest BCUT2D eigenvalue weighted by Gasteiger charge is 2.47. The molecule has 0 saturated heterocycles. The second-order valence-corrected chi connectivity index (χ2v) is 13.9. The van der Waals surface area contributed by atoms with Gasteiger partial charge in [-0.25, -0.2) is 15.0 Å². The van der Waals surface area contributed by atoms with E-state index >= 15 is 0 Å². The van der Waals surface area contributed by atoms with Crippen molar-refractivity contribution >= 4 is 10.8 Å². The van der Waals surface area contributed by atoms with Crippen LogP contribution in [0.5, 0.6) is 11.5 Å². The molecule has 1 aliphatic heterocycles. The van der Waals surface area contributed by atoms with Gasteiger partial charge in [-0.15, -0.1) is 0 Å². The van der Waals surface area contributed by atoms with Crippen molar-refractivity contribution < 1.29 is 4.74 Å². The summed E-state index contributed by atoms with van der Waals surface area (Å²) in [6, 6.07) is 68.7. The molecule has 0 N–H and O–H groups in total. The van der Waals surface area contributed by atoms with Crippen LogP contribution in [0.4, 0.5) is 0 Å². The smallest absolute Gasteiger partial charge is 0.164 e. The first-order chi connectivity index (χ1) is 27.7. The lowest BCUT2D eigenvalue weighted by molar-refractivity contribution is 0.440. The first-order valence-corrected chi connectivity index (χ1v) is 18.6. The van der Waals surface area contributed by atoms with Gasteiger partial charge in [0, 0.05) is 33.2 Å². The third-order valence-corrected chi connectivity index (χ3v) is 10.7. The van der Waals surface area contributed by atoms with E-state index in [1.807, 2.05) is 48.5 Å². The lowest BCUT2D eigenvalue weighted by atomic mass is 9.62. The van der Waals surface area contributed by atoms with Crippen LogP contribution in [0, 0.1) is 11.3 Å². The first kappa shape index (κ1) is 32.9. The Labute approximate surface area is 324 Å². The number of fused-ring (bicyclic) bond motifs is 4. The minimum atomic E-state index is -0.724. The fourth-order valence-electron chi connectivity index (χ4n) is 8.15. The molecule has 0 saturated carbocycles. The van der Waals surface area contributed by atoms with E-state index in [9.17, 15) is 5.26 Å². The summed E-state index contributed by atoms with van der Waals surface area (Å²) in [5, 5.41) is 11.6. The number of hydrogen-bond donors (Lipinski definition) is 0. The first-order valence-electron chi connectivity index (χ1n) is 18.6. The van der Waals surface area contributed by atoms with Gasteiger partial charge in [0.15, 0.2) is 17.5 Å². The van der Waals surface area contributed by atoms with Crippen LogP contribution in [0.3, 0.4) is 0 Å². The summed E-state index contributed by atoms with van der Waals surface area (Å²) < 4.78 is 7.06. The van der Waals surface area contributed by atoms with Crippen LogP contribution in [0.15, 0.2) is 194 Å². The minimum Gasteiger partial charge on any atom is -0.456 e. The van der Waals surface area contributed by atoms with Crippen LogP contribution in [0.2, 0.25) is 0 Å². The van der Waals surface area contributed by atoms with E-state index in [4.69, 9.17) is 19.7 Å². The predicted octanol–water partition coefficient (Wildman–Crippen LogP) is 12.1. The van der Waals surface area contributed by atoms with Gasteiger partial charge in [0.2, 0.25) is 0 Å². The van der Waals surface area contributed by atoms with Crippen molar-refractivity contribution in [3.63, 3.8) is 0 Å². The number of ether oxygens (including phenoxy) is 1. The predicted molar refractivity (Wildman–Crippen MR) is 222 cm³/mol. The van der Waals surface area contributed by atoms with Crippen molar-refractivity contribution in [2.45, 2.75) is 5.41 Å². The Bertz CT molecular complexity index is 2900. The SMILES string of the molecule is N#Cc1ccc(-c2nc(-c3ccccc3)nc(-c3cccc(-c4cccc5c4C(c4ccccc4)(c4ccccc4)c4ccc6ccccc6c4O5)c3)n2)cc1. The van der Waals surface area contributed by atoms with Crippen molar-refractivity contribution in [1.29, 1.82) is 5.26 Å². The van der Waals surface area contributed by atoms with E-state index in [0.717, 1.165) is 72.3 Å². The number of rotatable bonds is 6. The molecule has 0 fully saturated rings. The molecule has 0 spiro atoms. The monoisotopic (exact) mass is 716 g/mol. The highest BCUT2D eigenvalue weighted by atomic mass is 16.5. The molecule has 1 aromatic heterocycles. The number of nitrogens with zero attached hydrogens (tertiary/aromatic N) is 4. The molecule has 10 rings (SSSR count). The zero-order chi connectivity index (χ0) is 37.5. The Morgan fingerprint density at radius 3 is 1.70 bits per heavy atom. The van der Waals surface area contributed by atoms with Gasteiger partial charge in [0.05, 0.1) is 17.0 Å². The molecular formula is C51H32N4O. The summed E-state index contributed by atoms with van der Waals surface area (Å²) in [4.78, 5) is 15.0. The summed E-state index contributed by atoms with van der Waals surface area (Å²) in [6.45, 7) is 0. The van der Waals surface area contributed by atoms with Gasteiger partial charge >= 0.3 is 0 Å². The molecule has 0 atom stereocenters. The fourth-order valence-corrected chi connectivity index (χ4v) is 8.15. The third-order valence-electron chi connectivity index (χ3n) is 10.7. The van der Waals surface area contributed by atoms with Gasteiger partial charge in [0.1, 0.15) is 11.5 Å². The van der Waals surface area contributed by atoms with Crippen LogP contribution in [0.25, 0.3) is 56.1 Å². The molecule has 8 aromatic carbocycles. The number of hydrogen-bond acceptors (Lipinski definition) is 5. The van der Waals surface area contributed by atoms with Gasteiger partial charge in [-0.2, -0.15) is 5.26 Å². The average Bonchev–Trinajstić information content (AvgIpc) is 3.29. The molecule has 0 radical (unpaired) electrons. The summed E-state index contributed by atoms with van der Waals surface area (Å²) in [6.07, 6.45) is 0. The molecule has 56 heavy (non-hydrogen) atoms. The third kappa shape index (κ3) is 5.43. The van der Waals surface area contributed by atoms with Crippen LogP contribution < -0.4 is 4.74 Å². The standard InChI is InChI=1S/C51H32N4O/c52-33-34-26-28-37(29-27-34)49-53-48(36-15-4-1-5-16-36)54-50(55-49)39-18-12-17-38(32-39)42-24-13-25-45-46(42)51(40-19-6-2-7-20-40,41-21-8-3-9-22-41)44-31-30-35-14-10-11-23-43(35)47(44)56-45/h1-32H. The van der Waals surface area contributed by atoms with Crippen molar-refractivity contribution in [1.82, 2.24) is 15.0 Å². The Morgan fingerprint density at radius 1 is 0.464 bits per heavy atom. The molecule has 262 valence electrons. The van der Waals surface area contributed by atoms with Gasteiger partial charge in [-0.1, -0.05) is 158 Å². The molecule has 0 unspecified atom stereocenters. The molecule has 2 heterocycles. The molecular weight excluding hydrogens is 685 g/mol. The van der Waals surface area contributed by atoms with Crippen LogP contribution in [0.1, 0.15) is 27.8 Å². The second-order valence-electron chi connectivity index (χ2n) is 13.9. The fraction of sp³-hybridized carbons (Fsp3) is 0.0196. The normalized spacial score (nSPS) is 12.6. The lowest BCUT2D eigenvalue weighted by Crippen LogP contribution is -2.35. The van der Waals surface area contributed by atoms with Crippen molar-refractivity contribution in [3.8, 4) is 62.9 Å². The van der Waals surface area contributed by atoms with E-state index < -0.39 is 5.41 Å². The molecule has 0 bridgehead atoms. The van der Waals surface area contributed by atoms with Crippen molar-refractivity contribution in [3.05, 3.63) is 222 Å². The van der Waals surface area contributed by atoms with Crippen molar-refractivity contribution in [2.24, 2.45) is 0 Å². The van der Waals surface area contributed by atoms with Crippen LogP contribution >= 0.6 is 0 Å². The molecule has 0 aliphatic carbocycles. The summed E-state index contributed by atoms with van der Waals surface area (Å²) in [5.41, 5.74) is 8.88. The maximum atomic E-state index is 9.43. The van der Waals surface area contributed by atoms with E-state index in [2.05, 4.69) is 140 Å². The molecule has 5 nitrogen and oxygen atoms in total. The Balaban J connectivity index is 1.22. The Morgan fingerprint density at radius 2 is 1.02 bits per heavy atom. The van der Waals surface area contributed by atoms with Gasteiger partial charge in [0.25, 0.3) is 0 Å². The number of nitriles is 1. The molecule has 5 heteroatoms. The Hall–Kier alpha value is -7.68. The lowest BCUT2D eigenvalue weighted by Gasteiger charge is -2.43. The van der Waals surface area contributed by atoms with Crippen LogP contribution in [-0.4, -0.2) is 15.0 Å². The van der Waals surface area contributed by atoms with Gasteiger partial charge in [-0.05, 0) is 64.0 Å². The number of aromatic nitrogens is 3. The maximum absolute atomic E-state index is 9.43. The second kappa shape index (κ2) is 13.6. The zero-order valence-corrected chi connectivity index (χ0v) is 30.2. The van der Waals surface area contributed by atoms with E-state index in [0.29, 0.717) is 23.0 Å². The summed E-state index contributed by atoms with van der Waals surface area (Å²) in [7, 11) is 0.